The summed E-state index contributed by atoms with van der Waals surface area (Å²) in [5, 5.41) is 3.25. The van der Waals surface area contributed by atoms with E-state index in [1.807, 2.05) is 24.1 Å². The van der Waals surface area contributed by atoms with Crippen LogP contribution >= 0.6 is 0 Å². The number of nitrogens with zero attached hydrogens (tertiary/aromatic N) is 3. The van der Waals surface area contributed by atoms with Crippen LogP contribution in [0, 0.1) is 5.92 Å². The molecule has 2 fully saturated rings. The monoisotopic (exact) mass is 358 g/mol. The van der Waals surface area contributed by atoms with E-state index in [2.05, 4.69) is 41.1 Å². The predicted octanol–water partition coefficient (Wildman–Crippen LogP) is 2.29. The molecule has 5 nitrogen and oxygen atoms in total. The van der Waals surface area contributed by atoms with Crippen molar-refractivity contribution in [2.24, 2.45) is 5.92 Å². The Labute approximate surface area is 158 Å². The van der Waals surface area contributed by atoms with Gasteiger partial charge in [0.25, 0.3) is 5.91 Å². The minimum absolute atomic E-state index is 0.184. The van der Waals surface area contributed by atoms with Crippen LogP contribution in [0.3, 0.4) is 0 Å². The number of likely N-dealkylation sites (tertiary alicyclic amines) is 1. The Morgan fingerprint density at radius 2 is 1.65 bits per heavy atom. The Hall–Kier alpha value is -1.59. The number of benzene rings is 1. The van der Waals surface area contributed by atoms with E-state index < -0.39 is 0 Å². The minimum Gasteiger partial charge on any atom is -0.369 e. The first kappa shape index (κ1) is 19.2. The van der Waals surface area contributed by atoms with Crippen LogP contribution in [0.4, 0.5) is 5.69 Å². The molecule has 26 heavy (non-hydrogen) atoms. The van der Waals surface area contributed by atoms with Crippen molar-refractivity contribution >= 4 is 11.6 Å². The summed E-state index contributed by atoms with van der Waals surface area (Å²) in [5.41, 5.74) is 2.05. The highest BCUT2D eigenvalue weighted by atomic mass is 16.2. The molecule has 5 heteroatoms. The molecular formula is C21H34N4O. The third-order valence-corrected chi connectivity index (χ3v) is 5.92. The quantitative estimate of drug-likeness (QED) is 0.877. The summed E-state index contributed by atoms with van der Waals surface area (Å²) >= 11 is 0. The molecular weight excluding hydrogens is 324 g/mol. The first-order valence-electron chi connectivity index (χ1n) is 10.1. The first-order valence-corrected chi connectivity index (χ1v) is 10.1. The largest absolute Gasteiger partial charge is 0.369 e. The Bertz CT molecular complexity index is 570. The van der Waals surface area contributed by atoms with E-state index in [1.54, 1.807) is 0 Å². The highest BCUT2D eigenvalue weighted by molar-refractivity contribution is 5.94. The van der Waals surface area contributed by atoms with Crippen molar-refractivity contribution in [2.75, 3.05) is 57.8 Å². The molecule has 0 bridgehead atoms. The molecule has 1 N–H and O–H groups in total. The fraction of sp³-hybridized carbons (Fsp3) is 0.667. The van der Waals surface area contributed by atoms with E-state index in [1.165, 1.54) is 5.69 Å². The summed E-state index contributed by atoms with van der Waals surface area (Å²) in [6.07, 6.45) is 2.20. The van der Waals surface area contributed by atoms with Gasteiger partial charge in [-0.15, -0.1) is 0 Å². The molecule has 0 aromatic heterocycles. The number of hydrogen-bond donors (Lipinski definition) is 1. The van der Waals surface area contributed by atoms with E-state index in [-0.39, 0.29) is 5.91 Å². The number of rotatable bonds is 5. The lowest BCUT2D eigenvalue weighted by atomic mass is 9.96. The average Bonchev–Trinajstić information content (AvgIpc) is 2.68. The predicted molar refractivity (Wildman–Crippen MR) is 108 cm³/mol. The van der Waals surface area contributed by atoms with Crippen molar-refractivity contribution in [3.63, 3.8) is 0 Å². The summed E-state index contributed by atoms with van der Waals surface area (Å²) in [7, 11) is 2.00. The lowest BCUT2D eigenvalue weighted by Gasteiger charge is -2.38. The van der Waals surface area contributed by atoms with Gasteiger partial charge in [0.15, 0.2) is 0 Å². The number of amides is 1. The van der Waals surface area contributed by atoms with Gasteiger partial charge < -0.3 is 15.1 Å². The van der Waals surface area contributed by atoms with Crippen molar-refractivity contribution in [2.45, 2.75) is 32.7 Å². The van der Waals surface area contributed by atoms with Crippen molar-refractivity contribution in [3.05, 3.63) is 29.8 Å². The summed E-state index contributed by atoms with van der Waals surface area (Å²) in [4.78, 5) is 19.7. The fourth-order valence-corrected chi connectivity index (χ4v) is 4.12. The van der Waals surface area contributed by atoms with Crippen molar-refractivity contribution in [3.8, 4) is 0 Å². The van der Waals surface area contributed by atoms with Crippen LogP contribution < -0.4 is 10.2 Å². The number of anilines is 1. The van der Waals surface area contributed by atoms with Crippen LogP contribution in [0.2, 0.25) is 0 Å². The smallest absolute Gasteiger partial charge is 0.253 e. The van der Waals surface area contributed by atoms with E-state index in [4.69, 9.17) is 0 Å². The molecule has 144 valence electrons. The van der Waals surface area contributed by atoms with Crippen LogP contribution in [0.25, 0.3) is 0 Å². The average molecular weight is 359 g/mol. The standard InChI is InChI=1S/C21H34N4O/c1-17(2)23-12-14-24(15-13-23)20-6-4-19(5-7-20)21(26)25-10-8-18(9-11-25)16-22-3/h4-7,17-18,22H,8-16H2,1-3H3. The molecule has 0 saturated carbocycles. The van der Waals surface area contributed by atoms with Crippen LogP contribution in [0.1, 0.15) is 37.0 Å². The molecule has 1 amide bonds. The number of nitrogens with one attached hydrogen (secondary N) is 1. The first-order chi connectivity index (χ1) is 12.6. The maximum atomic E-state index is 12.8. The molecule has 2 heterocycles. The normalized spacial score (nSPS) is 20.0. The van der Waals surface area contributed by atoms with Crippen molar-refractivity contribution in [1.29, 1.82) is 0 Å². The fourth-order valence-electron chi connectivity index (χ4n) is 4.12. The van der Waals surface area contributed by atoms with E-state index in [0.29, 0.717) is 12.0 Å². The van der Waals surface area contributed by atoms with Gasteiger partial charge in [0.2, 0.25) is 0 Å². The van der Waals surface area contributed by atoms with Gasteiger partial charge in [-0.2, -0.15) is 0 Å². The van der Waals surface area contributed by atoms with Gasteiger partial charge in [0.05, 0.1) is 0 Å². The number of carbonyl (C=O) groups is 1. The van der Waals surface area contributed by atoms with Gasteiger partial charge in [-0.05, 0) is 70.5 Å². The number of piperazine rings is 1. The molecule has 0 radical (unpaired) electrons. The topological polar surface area (TPSA) is 38.8 Å². The SMILES string of the molecule is CNCC1CCN(C(=O)c2ccc(N3CCN(C(C)C)CC3)cc2)CC1. The second kappa shape index (κ2) is 8.87. The minimum atomic E-state index is 0.184. The molecule has 3 rings (SSSR count). The Kier molecular flexibility index (Phi) is 6.54. The van der Waals surface area contributed by atoms with Crippen molar-refractivity contribution in [1.82, 2.24) is 15.1 Å². The Morgan fingerprint density at radius 3 is 2.19 bits per heavy atom. The third-order valence-electron chi connectivity index (χ3n) is 5.92. The second-order valence-corrected chi connectivity index (χ2v) is 7.96. The van der Waals surface area contributed by atoms with E-state index >= 15 is 0 Å². The number of piperidine rings is 1. The maximum absolute atomic E-state index is 12.8. The molecule has 0 atom stereocenters. The van der Waals surface area contributed by atoms with Gasteiger partial charge in [-0.1, -0.05) is 0 Å². The van der Waals surface area contributed by atoms with E-state index in [0.717, 1.165) is 64.2 Å². The summed E-state index contributed by atoms with van der Waals surface area (Å²) < 4.78 is 0. The van der Waals surface area contributed by atoms with Gasteiger partial charge in [0, 0.05) is 56.6 Å². The van der Waals surface area contributed by atoms with E-state index in [9.17, 15) is 4.79 Å². The lowest BCUT2D eigenvalue weighted by Crippen LogP contribution is -2.48. The van der Waals surface area contributed by atoms with Gasteiger partial charge in [0.1, 0.15) is 0 Å². The zero-order valence-electron chi connectivity index (χ0n) is 16.6. The highest BCUT2D eigenvalue weighted by Gasteiger charge is 2.24. The number of hydrogen-bond acceptors (Lipinski definition) is 4. The van der Waals surface area contributed by atoms with Crippen LogP contribution in [-0.4, -0.2) is 74.6 Å². The maximum Gasteiger partial charge on any atom is 0.253 e. The Balaban J connectivity index is 1.54. The molecule has 0 unspecified atom stereocenters. The second-order valence-electron chi connectivity index (χ2n) is 7.96. The van der Waals surface area contributed by atoms with Crippen LogP contribution in [-0.2, 0) is 0 Å². The summed E-state index contributed by atoms with van der Waals surface area (Å²) in [6, 6.07) is 8.87. The van der Waals surface area contributed by atoms with Crippen LogP contribution in [0.5, 0.6) is 0 Å². The summed E-state index contributed by atoms with van der Waals surface area (Å²) in [6.45, 7) is 11.7. The molecule has 2 saturated heterocycles. The molecule has 1 aromatic rings. The lowest BCUT2D eigenvalue weighted by molar-refractivity contribution is 0.0691. The van der Waals surface area contributed by atoms with Gasteiger partial charge in [-0.25, -0.2) is 0 Å². The molecule has 1 aromatic carbocycles. The summed E-state index contributed by atoms with van der Waals surface area (Å²) in [5.74, 6) is 0.889. The number of carbonyl (C=O) groups excluding carboxylic acids is 1. The zero-order chi connectivity index (χ0) is 18.5. The Morgan fingerprint density at radius 1 is 1.04 bits per heavy atom. The third kappa shape index (κ3) is 4.57. The molecule has 2 aliphatic heterocycles. The van der Waals surface area contributed by atoms with Crippen molar-refractivity contribution < 1.29 is 4.79 Å². The zero-order valence-corrected chi connectivity index (χ0v) is 16.6. The van der Waals surface area contributed by atoms with Gasteiger partial charge in [-0.3, -0.25) is 9.69 Å². The van der Waals surface area contributed by atoms with Crippen LogP contribution in [0.15, 0.2) is 24.3 Å². The van der Waals surface area contributed by atoms with Gasteiger partial charge >= 0.3 is 0 Å². The molecule has 0 aliphatic carbocycles. The highest BCUT2D eigenvalue weighted by Crippen LogP contribution is 2.21. The molecule has 2 aliphatic rings. The molecule has 0 spiro atoms.